The van der Waals surface area contributed by atoms with Gasteiger partial charge in [-0.25, -0.2) is 4.79 Å². The lowest BCUT2D eigenvalue weighted by atomic mass is 9.87. The van der Waals surface area contributed by atoms with Crippen molar-refractivity contribution in [3.8, 4) is 0 Å². The molecule has 3 unspecified atom stereocenters. The maximum atomic E-state index is 12.2. The number of nitrogens with one attached hydrogen (secondary N) is 5. The van der Waals surface area contributed by atoms with E-state index in [-0.39, 0.29) is 18.5 Å². The fraction of sp³-hybridized carbons (Fsp3) is 0.941. The number of hydrogen-bond acceptors (Lipinski definition) is 5. The SMILES string of the molecule is CC1CCC(NC(=O)NC2NC(C)CC(NCCCCN)N2)CC1. The first-order valence-corrected chi connectivity index (χ1v) is 9.59. The predicted octanol–water partition coefficient (Wildman–Crippen LogP) is 0.774. The van der Waals surface area contributed by atoms with Crippen LogP contribution in [0.15, 0.2) is 0 Å². The molecule has 1 heterocycles. The summed E-state index contributed by atoms with van der Waals surface area (Å²) in [6.45, 7) is 6.11. The highest BCUT2D eigenvalue weighted by molar-refractivity contribution is 5.74. The van der Waals surface area contributed by atoms with Crippen molar-refractivity contribution in [2.45, 2.75) is 83.3 Å². The van der Waals surface area contributed by atoms with Crippen LogP contribution in [0, 0.1) is 5.92 Å². The Hall–Kier alpha value is -0.890. The average molecular weight is 341 g/mol. The average Bonchev–Trinajstić information content (AvgIpc) is 2.53. The highest BCUT2D eigenvalue weighted by Crippen LogP contribution is 2.23. The lowest BCUT2D eigenvalue weighted by Gasteiger charge is -2.37. The summed E-state index contributed by atoms with van der Waals surface area (Å²) >= 11 is 0. The Balaban J connectivity index is 1.69. The molecule has 0 aromatic heterocycles. The van der Waals surface area contributed by atoms with Crippen molar-refractivity contribution in [1.29, 1.82) is 0 Å². The molecule has 0 spiro atoms. The summed E-state index contributed by atoms with van der Waals surface area (Å²) in [5.41, 5.74) is 5.52. The first-order valence-electron chi connectivity index (χ1n) is 9.59. The monoisotopic (exact) mass is 340 g/mol. The second-order valence-corrected chi connectivity index (χ2v) is 7.48. The Morgan fingerprint density at radius 1 is 1.08 bits per heavy atom. The normalized spacial score (nSPS) is 33.9. The highest BCUT2D eigenvalue weighted by Gasteiger charge is 2.26. The zero-order valence-corrected chi connectivity index (χ0v) is 15.2. The van der Waals surface area contributed by atoms with Crippen molar-refractivity contribution in [3.05, 3.63) is 0 Å². The fourth-order valence-electron chi connectivity index (χ4n) is 3.56. The highest BCUT2D eigenvalue weighted by atomic mass is 16.2. The zero-order chi connectivity index (χ0) is 17.4. The van der Waals surface area contributed by atoms with E-state index in [9.17, 15) is 4.79 Å². The molecule has 1 aliphatic heterocycles. The van der Waals surface area contributed by atoms with Crippen LogP contribution in [0.4, 0.5) is 4.79 Å². The molecule has 2 fully saturated rings. The zero-order valence-electron chi connectivity index (χ0n) is 15.2. The second-order valence-electron chi connectivity index (χ2n) is 7.48. The topological polar surface area (TPSA) is 103 Å². The third-order valence-electron chi connectivity index (χ3n) is 5.06. The van der Waals surface area contributed by atoms with E-state index in [0.717, 1.165) is 51.1 Å². The molecule has 7 nitrogen and oxygen atoms in total. The molecule has 1 saturated heterocycles. The van der Waals surface area contributed by atoms with Crippen molar-refractivity contribution < 1.29 is 4.79 Å². The number of rotatable bonds is 7. The molecule has 3 atom stereocenters. The Morgan fingerprint density at radius 2 is 1.83 bits per heavy atom. The Bertz CT molecular complexity index is 372. The van der Waals surface area contributed by atoms with E-state index in [1.807, 2.05) is 0 Å². The molecule has 7 heteroatoms. The van der Waals surface area contributed by atoms with Gasteiger partial charge in [0.1, 0.15) is 6.29 Å². The van der Waals surface area contributed by atoms with Gasteiger partial charge in [0.25, 0.3) is 0 Å². The van der Waals surface area contributed by atoms with Gasteiger partial charge in [-0.3, -0.25) is 10.6 Å². The number of carbonyl (C=O) groups excluding carboxylic acids is 1. The van der Waals surface area contributed by atoms with Crippen LogP contribution in [0.5, 0.6) is 0 Å². The van der Waals surface area contributed by atoms with Crippen molar-refractivity contribution in [2.24, 2.45) is 11.7 Å². The molecule has 7 N–H and O–H groups in total. The van der Waals surface area contributed by atoms with Gasteiger partial charge in [0, 0.05) is 12.1 Å². The Morgan fingerprint density at radius 3 is 2.54 bits per heavy atom. The third-order valence-corrected chi connectivity index (χ3v) is 5.06. The van der Waals surface area contributed by atoms with E-state index < -0.39 is 0 Å². The number of hydrogen-bond donors (Lipinski definition) is 6. The summed E-state index contributed by atoms with van der Waals surface area (Å²) in [5, 5.41) is 16.4. The number of amides is 2. The third kappa shape index (κ3) is 6.93. The first kappa shape index (κ1) is 19.4. The van der Waals surface area contributed by atoms with E-state index in [0.29, 0.717) is 12.1 Å². The van der Waals surface area contributed by atoms with E-state index >= 15 is 0 Å². The van der Waals surface area contributed by atoms with Gasteiger partial charge in [0.2, 0.25) is 0 Å². The Labute approximate surface area is 146 Å². The van der Waals surface area contributed by atoms with Crippen LogP contribution in [0.2, 0.25) is 0 Å². The second kappa shape index (κ2) is 10.2. The Kier molecular flexibility index (Phi) is 8.24. The van der Waals surface area contributed by atoms with Crippen LogP contribution in [0.3, 0.4) is 0 Å². The summed E-state index contributed by atoms with van der Waals surface area (Å²) in [4.78, 5) is 12.2. The minimum Gasteiger partial charge on any atom is -0.335 e. The van der Waals surface area contributed by atoms with Crippen molar-refractivity contribution in [2.75, 3.05) is 13.1 Å². The van der Waals surface area contributed by atoms with Gasteiger partial charge in [0.15, 0.2) is 0 Å². The van der Waals surface area contributed by atoms with Crippen LogP contribution >= 0.6 is 0 Å². The van der Waals surface area contributed by atoms with Crippen LogP contribution in [0.25, 0.3) is 0 Å². The molecule has 0 aromatic rings. The minimum atomic E-state index is -0.205. The summed E-state index contributed by atoms with van der Waals surface area (Å²) in [6.07, 6.45) is 7.69. The number of urea groups is 1. The van der Waals surface area contributed by atoms with Gasteiger partial charge < -0.3 is 21.7 Å². The molecular formula is C17H36N6O. The van der Waals surface area contributed by atoms with Crippen molar-refractivity contribution in [3.63, 3.8) is 0 Å². The van der Waals surface area contributed by atoms with Gasteiger partial charge in [-0.15, -0.1) is 0 Å². The maximum absolute atomic E-state index is 12.2. The molecule has 2 amide bonds. The van der Waals surface area contributed by atoms with E-state index in [1.54, 1.807) is 0 Å². The minimum absolute atomic E-state index is 0.0875. The molecule has 0 radical (unpaired) electrons. The van der Waals surface area contributed by atoms with Crippen molar-refractivity contribution >= 4 is 6.03 Å². The first-order chi connectivity index (χ1) is 11.6. The number of unbranched alkanes of at least 4 members (excludes halogenated alkanes) is 1. The van der Waals surface area contributed by atoms with E-state index in [2.05, 4.69) is 40.4 Å². The maximum Gasteiger partial charge on any atom is 0.317 e. The molecule has 0 bridgehead atoms. The summed E-state index contributed by atoms with van der Waals surface area (Å²) in [5.74, 6) is 0.791. The molecule has 24 heavy (non-hydrogen) atoms. The number of carbonyl (C=O) groups is 1. The van der Waals surface area contributed by atoms with Crippen LogP contribution in [0.1, 0.15) is 58.8 Å². The van der Waals surface area contributed by atoms with Gasteiger partial charge >= 0.3 is 6.03 Å². The van der Waals surface area contributed by atoms with E-state index in [1.165, 1.54) is 12.8 Å². The molecule has 1 saturated carbocycles. The molecule has 0 aromatic carbocycles. The molecule has 1 aliphatic carbocycles. The van der Waals surface area contributed by atoms with E-state index in [4.69, 9.17) is 5.73 Å². The summed E-state index contributed by atoms with van der Waals surface area (Å²) in [7, 11) is 0. The number of nitrogens with two attached hydrogens (primary N) is 1. The van der Waals surface area contributed by atoms with Gasteiger partial charge in [-0.1, -0.05) is 6.92 Å². The smallest absolute Gasteiger partial charge is 0.317 e. The standard InChI is InChI=1S/C17H36N6O/c1-12-5-7-14(8-6-12)21-17(24)23-16-20-13(2)11-15(22-16)19-10-4-3-9-18/h12-16,19-20,22H,3-11,18H2,1-2H3,(H2,21,23,24). The van der Waals surface area contributed by atoms with Crippen molar-refractivity contribution in [1.82, 2.24) is 26.6 Å². The molecule has 2 rings (SSSR count). The fourth-order valence-corrected chi connectivity index (χ4v) is 3.56. The van der Waals surface area contributed by atoms with Gasteiger partial charge in [-0.05, 0) is 70.9 Å². The molecule has 140 valence electrons. The summed E-state index contributed by atoms with van der Waals surface area (Å²) in [6, 6.07) is 0.571. The molecule has 2 aliphatic rings. The van der Waals surface area contributed by atoms with Crippen LogP contribution < -0.4 is 32.3 Å². The van der Waals surface area contributed by atoms with Crippen LogP contribution in [-0.4, -0.2) is 43.7 Å². The quantitative estimate of drug-likeness (QED) is 0.384. The van der Waals surface area contributed by atoms with Gasteiger partial charge in [0.05, 0.1) is 6.17 Å². The lowest BCUT2D eigenvalue weighted by molar-refractivity contribution is 0.183. The van der Waals surface area contributed by atoms with Crippen LogP contribution in [-0.2, 0) is 0 Å². The summed E-state index contributed by atoms with van der Waals surface area (Å²) < 4.78 is 0. The predicted molar refractivity (Wildman–Crippen MR) is 97.3 cm³/mol. The van der Waals surface area contributed by atoms with Gasteiger partial charge in [-0.2, -0.15) is 0 Å². The largest absolute Gasteiger partial charge is 0.335 e. The lowest BCUT2D eigenvalue weighted by Crippen LogP contribution is -2.68. The molecular weight excluding hydrogens is 304 g/mol.